The van der Waals surface area contributed by atoms with Crippen molar-refractivity contribution in [1.82, 2.24) is 9.62 Å². The minimum absolute atomic E-state index is 0.0633. The first kappa shape index (κ1) is 14.5. The van der Waals surface area contributed by atoms with Crippen LogP contribution in [0.1, 0.15) is 25.0 Å². The zero-order valence-corrected chi connectivity index (χ0v) is 11.8. The van der Waals surface area contributed by atoms with Gasteiger partial charge in [-0.25, -0.2) is 13.1 Å². The van der Waals surface area contributed by atoms with Crippen molar-refractivity contribution < 1.29 is 12.8 Å². The molecular weight excluding hydrogens is 266 g/mol. The second-order valence-electron chi connectivity index (χ2n) is 4.72. The summed E-state index contributed by atoms with van der Waals surface area (Å²) in [5.41, 5.74) is 5.39. The fourth-order valence-corrected chi connectivity index (χ4v) is 3.17. The first-order chi connectivity index (χ1) is 9.12. The molecule has 7 heteroatoms. The molecule has 0 aliphatic carbocycles. The van der Waals surface area contributed by atoms with E-state index >= 15 is 0 Å². The molecule has 1 aromatic rings. The Bertz CT molecular complexity index is 492. The summed E-state index contributed by atoms with van der Waals surface area (Å²) in [5, 5.41) is -0.0633. The molecule has 2 rings (SSSR count). The molecule has 3 N–H and O–H groups in total. The minimum Gasteiger partial charge on any atom is -0.447 e. The van der Waals surface area contributed by atoms with Gasteiger partial charge in [0.1, 0.15) is 5.76 Å². The van der Waals surface area contributed by atoms with Crippen LogP contribution in [-0.4, -0.2) is 39.5 Å². The van der Waals surface area contributed by atoms with Crippen molar-refractivity contribution in [3.05, 3.63) is 17.9 Å². The average molecular weight is 287 g/mol. The summed E-state index contributed by atoms with van der Waals surface area (Å²) in [6, 6.07) is 3.02. The number of nitrogens with two attached hydrogens (primary N) is 1. The zero-order chi connectivity index (χ0) is 13.7. The highest BCUT2D eigenvalue weighted by Crippen LogP contribution is 2.13. The molecule has 0 saturated carbocycles. The van der Waals surface area contributed by atoms with E-state index in [-0.39, 0.29) is 11.6 Å². The lowest BCUT2D eigenvalue weighted by molar-refractivity contribution is 0.232. The lowest BCUT2D eigenvalue weighted by Crippen LogP contribution is -2.37. The molecule has 0 unspecified atom stereocenters. The van der Waals surface area contributed by atoms with Crippen LogP contribution in [0, 0.1) is 0 Å². The first-order valence-corrected chi connectivity index (χ1v) is 8.11. The van der Waals surface area contributed by atoms with Gasteiger partial charge in [0.25, 0.3) is 10.0 Å². The van der Waals surface area contributed by atoms with Crippen molar-refractivity contribution in [3.63, 3.8) is 0 Å². The Morgan fingerprint density at radius 1 is 1.26 bits per heavy atom. The number of likely N-dealkylation sites (tertiary alicyclic amines) is 1. The summed E-state index contributed by atoms with van der Waals surface area (Å²) in [4.78, 5) is 2.28. The van der Waals surface area contributed by atoms with Crippen molar-refractivity contribution in [1.29, 1.82) is 0 Å². The largest absolute Gasteiger partial charge is 0.447 e. The number of nitrogens with zero attached hydrogens (tertiary/aromatic N) is 1. The molecule has 0 atom stereocenters. The molecule has 0 spiro atoms. The van der Waals surface area contributed by atoms with Crippen molar-refractivity contribution >= 4 is 10.0 Å². The van der Waals surface area contributed by atoms with Crippen LogP contribution in [-0.2, 0) is 16.6 Å². The molecule has 1 aliphatic rings. The number of piperidine rings is 1. The molecule has 1 aliphatic heterocycles. The third kappa shape index (κ3) is 4.04. The minimum atomic E-state index is -3.55. The summed E-state index contributed by atoms with van der Waals surface area (Å²) < 4.78 is 31.6. The second-order valence-corrected chi connectivity index (χ2v) is 6.42. The molecule has 19 heavy (non-hydrogen) atoms. The van der Waals surface area contributed by atoms with Gasteiger partial charge in [-0.1, -0.05) is 6.42 Å². The maximum absolute atomic E-state index is 11.9. The molecule has 108 valence electrons. The Hall–Kier alpha value is -0.890. The van der Waals surface area contributed by atoms with Gasteiger partial charge in [0.2, 0.25) is 5.09 Å². The van der Waals surface area contributed by atoms with Gasteiger partial charge in [-0.15, -0.1) is 0 Å². The average Bonchev–Trinajstić information content (AvgIpc) is 2.89. The molecule has 1 saturated heterocycles. The maximum atomic E-state index is 11.9. The third-order valence-corrected chi connectivity index (χ3v) is 4.61. The van der Waals surface area contributed by atoms with Gasteiger partial charge in [0, 0.05) is 13.1 Å². The fraction of sp³-hybridized carbons (Fsp3) is 0.667. The van der Waals surface area contributed by atoms with E-state index in [1.165, 1.54) is 25.3 Å². The molecule has 0 amide bonds. The molecule has 0 radical (unpaired) electrons. The lowest BCUT2D eigenvalue weighted by Gasteiger charge is -2.26. The van der Waals surface area contributed by atoms with E-state index < -0.39 is 10.0 Å². The monoisotopic (exact) mass is 287 g/mol. The van der Waals surface area contributed by atoms with Crippen LogP contribution in [0.5, 0.6) is 0 Å². The molecule has 2 heterocycles. The number of sulfonamides is 1. The first-order valence-electron chi connectivity index (χ1n) is 6.62. The van der Waals surface area contributed by atoms with Gasteiger partial charge >= 0.3 is 0 Å². The van der Waals surface area contributed by atoms with E-state index in [2.05, 4.69) is 9.62 Å². The number of nitrogens with one attached hydrogen (secondary N) is 1. The van der Waals surface area contributed by atoms with Gasteiger partial charge in [-0.05, 0) is 38.1 Å². The smallest absolute Gasteiger partial charge is 0.274 e. The highest BCUT2D eigenvalue weighted by Gasteiger charge is 2.18. The Balaban J connectivity index is 1.83. The van der Waals surface area contributed by atoms with Crippen molar-refractivity contribution in [2.45, 2.75) is 30.9 Å². The fourth-order valence-electron chi connectivity index (χ4n) is 2.20. The number of hydrogen-bond acceptors (Lipinski definition) is 5. The Morgan fingerprint density at radius 2 is 2.00 bits per heavy atom. The molecule has 1 fully saturated rings. The van der Waals surface area contributed by atoms with Crippen LogP contribution in [0.4, 0.5) is 0 Å². The predicted molar refractivity (Wildman–Crippen MR) is 72.1 cm³/mol. The lowest BCUT2D eigenvalue weighted by atomic mass is 10.1. The van der Waals surface area contributed by atoms with E-state index in [1.807, 2.05) is 0 Å². The molecular formula is C12H21N3O3S. The molecule has 0 aromatic carbocycles. The Morgan fingerprint density at radius 3 is 2.63 bits per heavy atom. The van der Waals surface area contributed by atoms with Crippen molar-refractivity contribution in [2.24, 2.45) is 5.73 Å². The second kappa shape index (κ2) is 6.51. The third-order valence-electron chi connectivity index (χ3n) is 3.27. The van der Waals surface area contributed by atoms with Gasteiger partial charge in [-0.2, -0.15) is 0 Å². The highest BCUT2D eigenvalue weighted by atomic mass is 32.2. The van der Waals surface area contributed by atoms with Crippen LogP contribution < -0.4 is 10.5 Å². The van der Waals surface area contributed by atoms with Gasteiger partial charge < -0.3 is 15.1 Å². The van der Waals surface area contributed by atoms with Crippen molar-refractivity contribution in [2.75, 3.05) is 26.2 Å². The van der Waals surface area contributed by atoms with Gasteiger partial charge in [0.05, 0.1) is 6.54 Å². The SMILES string of the molecule is NCc1ccc(S(=O)(=O)NCCN2CCCCC2)o1. The summed E-state index contributed by atoms with van der Waals surface area (Å²) in [5.74, 6) is 0.469. The van der Waals surface area contributed by atoms with E-state index in [4.69, 9.17) is 10.2 Å². The van der Waals surface area contributed by atoms with Gasteiger partial charge in [0.15, 0.2) is 0 Å². The quantitative estimate of drug-likeness (QED) is 0.795. The van der Waals surface area contributed by atoms with E-state index in [0.717, 1.165) is 19.6 Å². The summed E-state index contributed by atoms with van der Waals surface area (Å²) in [6.07, 6.45) is 3.67. The van der Waals surface area contributed by atoms with Crippen molar-refractivity contribution in [3.8, 4) is 0 Å². The zero-order valence-electron chi connectivity index (χ0n) is 11.0. The summed E-state index contributed by atoms with van der Waals surface area (Å²) >= 11 is 0. The summed E-state index contributed by atoms with van der Waals surface area (Å²) in [6.45, 7) is 3.45. The van der Waals surface area contributed by atoms with E-state index in [1.54, 1.807) is 6.07 Å². The van der Waals surface area contributed by atoms with Crippen LogP contribution in [0.3, 0.4) is 0 Å². The van der Waals surface area contributed by atoms with E-state index in [0.29, 0.717) is 12.3 Å². The van der Waals surface area contributed by atoms with Crippen LogP contribution in [0.25, 0.3) is 0 Å². The van der Waals surface area contributed by atoms with Gasteiger partial charge in [-0.3, -0.25) is 0 Å². The van der Waals surface area contributed by atoms with Crippen LogP contribution in [0.15, 0.2) is 21.6 Å². The molecule has 1 aromatic heterocycles. The van der Waals surface area contributed by atoms with E-state index in [9.17, 15) is 8.42 Å². The molecule has 0 bridgehead atoms. The number of rotatable bonds is 6. The Kier molecular flexibility index (Phi) is 4.98. The topological polar surface area (TPSA) is 88.6 Å². The number of furan rings is 1. The predicted octanol–water partition coefficient (Wildman–Crippen LogP) is 0.502. The maximum Gasteiger partial charge on any atom is 0.274 e. The van der Waals surface area contributed by atoms with Crippen LogP contribution in [0.2, 0.25) is 0 Å². The Labute approximate surface area is 114 Å². The number of hydrogen-bond donors (Lipinski definition) is 2. The highest BCUT2D eigenvalue weighted by molar-refractivity contribution is 7.89. The van der Waals surface area contributed by atoms with Crippen LogP contribution >= 0.6 is 0 Å². The normalized spacial score (nSPS) is 17.7. The summed E-state index contributed by atoms with van der Waals surface area (Å²) in [7, 11) is -3.55. The standard InChI is InChI=1S/C12H21N3O3S/c13-10-11-4-5-12(18-11)19(16,17)14-6-9-15-7-2-1-3-8-15/h4-5,14H,1-3,6-10,13H2. The molecule has 6 nitrogen and oxygen atoms in total.